The molecule has 0 aliphatic rings. The molecule has 3 rings (SSSR count). The number of amides is 1. The lowest BCUT2D eigenvalue weighted by atomic mass is 10.0. The number of benzene rings is 1. The fraction of sp³-hybridized carbons (Fsp3) is 0.150. The van der Waals surface area contributed by atoms with Crippen molar-refractivity contribution in [1.29, 1.82) is 0 Å². The lowest BCUT2D eigenvalue weighted by Crippen LogP contribution is -2.29. The van der Waals surface area contributed by atoms with Gasteiger partial charge in [-0.05, 0) is 37.1 Å². The predicted molar refractivity (Wildman–Crippen MR) is 101 cm³/mol. The molecule has 126 valence electrons. The molecule has 2 heterocycles. The third-order valence-electron chi connectivity index (χ3n) is 3.78. The van der Waals surface area contributed by atoms with E-state index in [0.29, 0.717) is 6.42 Å². The summed E-state index contributed by atoms with van der Waals surface area (Å²) in [7, 11) is 0. The summed E-state index contributed by atoms with van der Waals surface area (Å²) in [6.45, 7) is 2.06. The number of aryl methyl sites for hydroxylation is 1. The highest BCUT2D eigenvalue weighted by atomic mass is 32.1. The maximum Gasteiger partial charge on any atom is 0.244 e. The summed E-state index contributed by atoms with van der Waals surface area (Å²) in [5.74, 6) is -0.157. The highest BCUT2D eigenvalue weighted by molar-refractivity contribution is 7.07. The van der Waals surface area contributed by atoms with E-state index >= 15 is 0 Å². The Balaban J connectivity index is 1.74. The van der Waals surface area contributed by atoms with Crippen molar-refractivity contribution < 1.29 is 4.79 Å². The van der Waals surface area contributed by atoms with E-state index in [0.717, 1.165) is 17.0 Å². The molecule has 0 saturated carbocycles. The maximum atomic E-state index is 12.3. The second-order valence-corrected chi connectivity index (χ2v) is 6.47. The Labute approximate surface area is 151 Å². The van der Waals surface area contributed by atoms with Crippen molar-refractivity contribution in [3.8, 4) is 0 Å². The summed E-state index contributed by atoms with van der Waals surface area (Å²) in [6, 6.07) is 13.9. The molecule has 3 aromatic rings. The number of hydrogen-bond donors (Lipinski definition) is 1. The average Bonchev–Trinajstić information content (AvgIpc) is 3.16. The van der Waals surface area contributed by atoms with Crippen molar-refractivity contribution in [2.75, 3.05) is 0 Å². The Morgan fingerprint density at radius 1 is 1.20 bits per heavy atom. The van der Waals surface area contributed by atoms with Crippen molar-refractivity contribution in [3.05, 3.63) is 88.1 Å². The summed E-state index contributed by atoms with van der Waals surface area (Å²) < 4.78 is 0. The van der Waals surface area contributed by atoms with Gasteiger partial charge in [-0.2, -0.15) is 0 Å². The number of nitrogens with zero attached hydrogens (tertiary/aromatic N) is 2. The van der Waals surface area contributed by atoms with Crippen LogP contribution in [0.1, 0.15) is 28.6 Å². The van der Waals surface area contributed by atoms with Crippen LogP contribution >= 0.6 is 11.3 Å². The highest BCUT2D eigenvalue weighted by Crippen LogP contribution is 2.17. The summed E-state index contributed by atoms with van der Waals surface area (Å²) in [4.78, 5) is 20.9. The molecular formula is C20H19N3OS. The molecular weight excluding hydrogens is 330 g/mol. The molecule has 0 aliphatic carbocycles. The van der Waals surface area contributed by atoms with Gasteiger partial charge in [-0.3, -0.25) is 9.78 Å². The van der Waals surface area contributed by atoms with E-state index in [1.165, 1.54) is 23.0 Å². The van der Waals surface area contributed by atoms with Gasteiger partial charge in [-0.25, -0.2) is 4.98 Å². The van der Waals surface area contributed by atoms with Gasteiger partial charge in [0.25, 0.3) is 0 Å². The van der Waals surface area contributed by atoms with Crippen LogP contribution < -0.4 is 5.32 Å². The molecule has 0 unspecified atom stereocenters. The van der Waals surface area contributed by atoms with E-state index in [-0.39, 0.29) is 11.9 Å². The van der Waals surface area contributed by atoms with Crippen molar-refractivity contribution in [2.45, 2.75) is 19.4 Å². The molecule has 0 bridgehead atoms. The molecule has 1 amide bonds. The Morgan fingerprint density at radius 2 is 2.04 bits per heavy atom. The van der Waals surface area contributed by atoms with Crippen molar-refractivity contribution in [2.24, 2.45) is 0 Å². The van der Waals surface area contributed by atoms with Gasteiger partial charge >= 0.3 is 0 Å². The van der Waals surface area contributed by atoms with Gasteiger partial charge < -0.3 is 5.32 Å². The molecule has 0 radical (unpaired) electrons. The minimum Gasteiger partial charge on any atom is -0.344 e. The molecule has 0 aliphatic heterocycles. The van der Waals surface area contributed by atoms with Gasteiger partial charge in [0.05, 0.1) is 22.9 Å². The molecule has 1 aromatic carbocycles. The van der Waals surface area contributed by atoms with Crippen molar-refractivity contribution in [3.63, 3.8) is 0 Å². The van der Waals surface area contributed by atoms with Crippen molar-refractivity contribution >= 4 is 23.3 Å². The molecule has 0 spiro atoms. The maximum absolute atomic E-state index is 12.3. The number of aromatic nitrogens is 2. The summed E-state index contributed by atoms with van der Waals surface area (Å²) in [5, 5.41) is 4.94. The van der Waals surface area contributed by atoms with Gasteiger partial charge in [0.1, 0.15) is 0 Å². The predicted octanol–water partition coefficient (Wildman–Crippen LogP) is 3.96. The Hall–Kier alpha value is -2.79. The van der Waals surface area contributed by atoms with Gasteiger partial charge in [0, 0.05) is 17.7 Å². The number of pyridine rings is 1. The van der Waals surface area contributed by atoms with Gasteiger partial charge in [0.2, 0.25) is 5.91 Å². The number of thiazole rings is 1. The summed E-state index contributed by atoms with van der Waals surface area (Å²) >= 11 is 1.50. The Kier molecular flexibility index (Phi) is 5.69. The van der Waals surface area contributed by atoms with E-state index in [1.54, 1.807) is 17.8 Å². The Morgan fingerprint density at radius 3 is 2.72 bits per heavy atom. The van der Waals surface area contributed by atoms with Crippen LogP contribution in [0.5, 0.6) is 0 Å². The molecule has 0 saturated heterocycles. The smallest absolute Gasteiger partial charge is 0.244 e. The highest BCUT2D eigenvalue weighted by Gasteiger charge is 2.15. The van der Waals surface area contributed by atoms with Crippen LogP contribution in [-0.4, -0.2) is 15.9 Å². The number of nitrogens with one attached hydrogen (secondary N) is 1. The molecule has 2 aromatic heterocycles. The lowest BCUT2D eigenvalue weighted by molar-refractivity contribution is -0.117. The molecule has 4 nitrogen and oxygen atoms in total. The zero-order chi connectivity index (χ0) is 17.5. The third kappa shape index (κ3) is 5.09. The quantitative estimate of drug-likeness (QED) is 0.685. The fourth-order valence-corrected chi connectivity index (χ4v) is 2.98. The third-order valence-corrected chi connectivity index (χ3v) is 4.38. The first kappa shape index (κ1) is 17.0. The number of carbonyl (C=O) groups is 1. The first-order valence-electron chi connectivity index (χ1n) is 8.04. The zero-order valence-corrected chi connectivity index (χ0v) is 14.7. The fourth-order valence-electron chi connectivity index (χ4n) is 2.46. The first-order chi connectivity index (χ1) is 12.2. The van der Waals surface area contributed by atoms with Crippen molar-refractivity contribution in [1.82, 2.24) is 15.3 Å². The topological polar surface area (TPSA) is 54.9 Å². The molecule has 1 atom stereocenters. The summed E-state index contributed by atoms with van der Waals surface area (Å²) in [6.07, 6.45) is 5.66. The number of carbonyl (C=O) groups excluding carboxylic acids is 1. The van der Waals surface area contributed by atoms with E-state index in [4.69, 9.17) is 0 Å². The second-order valence-electron chi connectivity index (χ2n) is 5.75. The largest absolute Gasteiger partial charge is 0.344 e. The Bertz CT molecular complexity index is 827. The van der Waals surface area contributed by atoms with Gasteiger partial charge in [-0.15, -0.1) is 11.3 Å². The average molecular weight is 349 g/mol. The normalized spacial score (nSPS) is 12.2. The van der Waals surface area contributed by atoms with E-state index < -0.39 is 0 Å². The zero-order valence-electron chi connectivity index (χ0n) is 13.9. The van der Waals surface area contributed by atoms with Crippen LogP contribution in [0, 0.1) is 6.92 Å². The van der Waals surface area contributed by atoms with Crippen LogP contribution in [0.4, 0.5) is 0 Å². The second kappa shape index (κ2) is 8.35. The van der Waals surface area contributed by atoms with Crippen LogP contribution in [0.15, 0.2) is 65.6 Å². The molecule has 5 heteroatoms. The standard InChI is InChI=1S/C20H19N3OS/c1-15-5-7-16(8-6-15)12-19(18-4-2-3-11-21-18)23-20(24)10-9-17-13-25-14-22-17/h2-11,13-14,19H,12H2,1H3,(H,23,24)/b10-9-/t19-/m1/s1. The summed E-state index contributed by atoms with van der Waals surface area (Å²) in [5.41, 5.74) is 5.75. The van der Waals surface area contributed by atoms with E-state index in [1.807, 2.05) is 23.6 Å². The van der Waals surface area contributed by atoms with Gasteiger partial charge in [0.15, 0.2) is 0 Å². The van der Waals surface area contributed by atoms with Crippen LogP contribution in [0.25, 0.3) is 6.08 Å². The molecule has 25 heavy (non-hydrogen) atoms. The SMILES string of the molecule is Cc1ccc(C[C@@H](NC(=O)/C=C\c2cscn2)c2ccccn2)cc1. The molecule has 1 N–H and O–H groups in total. The molecule has 0 fully saturated rings. The minimum atomic E-state index is -0.184. The van der Waals surface area contributed by atoms with Gasteiger partial charge in [-0.1, -0.05) is 35.9 Å². The van der Waals surface area contributed by atoms with Crippen LogP contribution in [0.3, 0.4) is 0 Å². The minimum absolute atomic E-state index is 0.157. The number of hydrogen-bond acceptors (Lipinski definition) is 4. The lowest BCUT2D eigenvalue weighted by Gasteiger charge is -2.17. The monoisotopic (exact) mass is 349 g/mol. The number of rotatable bonds is 6. The van der Waals surface area contributed by atoms with E-state index in [2.05, 4.69) is 46.5 Å². The van der Waals surface area contributed by atoms with Crippen LogP contribution in [0.2, 0.25) is 0 Å². The first-order valence-corrected chi connectivity index (χ1v) is 8.98. The van der Waals surface area contributed by atoms with Crippen LogP contribution in [-0.2, 0) is 11.2 Å². The van der Waals surface area contributed by atoms with E-state index in [9.17, 15) is 4.79 Å².